The third kappa shape index (κ3) is 2.12. The Morgan fingerprint density at radius 3 is 2.84 bits per heavy atom. The molecule has 0 spiro atoms. The number of hydrogen-bond donors (Lipinski definition) is 2. The van der Waals surface area contributed by atoms with Crippen LogP contribution < -0.4 is 5.32 Å². The van der Waals surface area contributed by atoms with E-state index in [0.29, 0.717) is 5.69 Å². The van der Waals surface area contributed by atoms with Gasteiger partial charge in [-0.2, -0.15) is 0 Å². The van der Waals surface area contributed by atoms with Gasteiger partial charge in [0.05, 0.1) is 12.5 Å². The molecule has 1 fully saturated rings. The van der Waals surface area contributed by atoms with Crippen molar-refractivity contribution in [2.45, 2.75) is 24.8 Å². The molecule has 4 nitrogen and oxygen atoms in total. The maximum absolute atomic E-state index is 12.9. The van der Waals surface area contributed by atoms with Gasteiger partial charge in [-0.05, 0) is 24.1 Å². The number of nitrogens with zero attached hydrogens (tertiary/aromatic N) is 1. The fourth-order valence-corrected chi connectivity index (χ4v) is 2.34. The highest BCUT2D eigenvalue weighted by Crippen LogP contribution is 2.47. The zero-order valence-corrected chi connectivity index (χ0v) is 10.5. The summed E-state index contributed by atoms with van der Waals surface area (Å²) >= 11 is 0. The Labute approximate surface area is 110 Å². The number of amides is 1. The van der Waals surface area contributed by atoms with Gasteiger partial charge in [-0.1, -0.05) is 19.1 Å². The Balaban J connectivity index is 1.70. The van der Waals surface area contributed by atoms with Crippen molar-refractivity contribution < 1.29 is 9.18 Å². The van der Waals surface area contributed by atoms with E-state index in [1.54, 1.807) is 12.1 Å². The molecule has 3 rings (SSSR count). The van der Waals surface area contributed by atoms with Gasteiger partial charge in [-0.15, -0.1) is 0 Å². The lowest BCUT2D eigenvalue weighted by molar-refractivity contribution is 0.0943. The number of nitrogens with one attached hydrogen (secondary N) is 2. The summed E-state index contributed by atoms with van der Waals surface area (Å²) in [5.41, 5.74) is 1.39. The largest absolute Gasteiger partial charge is 0.347 e. The minimum Gasteiger partial charge on any atom is -0.347 e. The number of halogens is 1. The van der Waals surface area contributed by atoms with Crippen LogP contribution in [0.4, 0.5) is 4.39 Å². The molecule has 1 saturated carbocycles. The van der Waals surface area contributed by atoms with Crippen LogP contribution in [-0.4, -0.2) is 21.9 Å². The number of aromatic nitrogens is 2. The highest BCUT2D eigenvalue weighted by molar-refractivity contribution is 5.92. The van der Waals surface area contributed by atoms with E-state index in [-0.39, 0.29) is 23.2 Å². The fourth-order valence-electron chi connectivity index (χ4n) is 2.34. The molecule has 1 aromatic heterocycles. The third-order valence-electron chi connectivity index (χ3n) is 3.79. The predicted octanol–water partition coefficient (Wildman–Crippen LogP) is 2.01. The van der Waals surface area contributed by atoms with Gasteiger partial charge in [-0.25, -0.2) is 9.37 Å². The molecule has 1 aromatic carbocycles. The van der Waals surface area contributed by atoms with Crippen molar-refractivity contribution in [3.8, 4) is 0 Å². The molecule has 2 aromatic rings. The zero-order chi connectivity index (χ0) is 13.5. The van der Waals surface area contributed by atoms with Crippen LogP contribution in [0, 0.1) is 5.82 Å². The molecule has 1 amide bonds. The van der Waals surface area contributed by atoms with Gasteiger partial charge in [0, 0.05) is 11.5 Å². The summed E-state index contributed by atoms with van der Waals surface area (Å²) in [6.45, 7) is 2.07. The highest BCUT2D eigenvalue weighted by Gasteiger charge is 2.52. The highest BCUT2D eigenvalue weighted by atomic mass is 19.1. The smallest absolute Gasteiger partial charge is 0.269 e. The SMILES string of the molecule is CC1(c2ccc(F)cc2)CC1NC(=O)c1cnc[nH]1. The quantitative estimate of drug-likeness (QED) is 0.885. The van der Waals surface area contributed by atoms with Crippen LogP contribution in [0.15, 0.2) is 36.8 Å². The third-order valence-corrected chi connectivity index (χ3v) is 3.79. The van der Waals surface area contributed by atoms with Gasteiger partial charge >= 0.3 is 0 Å². The second-order valence-electron chi connectivity index (χ2n) is 5.12. The molecule has 5 heteroatoms. The number of rotatable bonds is 3. The van der Waals surface area contributed by atoms with Crippen molar-refractivity contribution in [1.82, 2.24) is 15.3 Å². The molecule has 0 saturated heterocycles. The number of carbonyl (C=O) groups excluding carboxylic acids is 1. The minimum absolute atomic E-state index is 0.0776. The molecular formula is C14H14FN3O. The lowest BCUT2D eigenvalue weighted by Gasteiger charge is -2.12. The lowest BCUT2D eigenvalue weighted by Crippen LogP contribution is -2.30. The van der Waals surface area contributed by atoms with E-state index in [0.717, 1.165) is 12.0 Å². The van der Waals surface area contributed by atoms with Crippen LogP contribution in [0.2, 0.25) is 0 Å². The van der Waals surface area contributed by atoms with Crippen molar-refractivity contribution in [2.75, 3.05) is 0 Å². The number of imidazole rings is 1. The molecule has 0 radical (unpaired) electrons. The minimum atomic E-state index is -0.244. The van der Waals surface area contributed by atoms with Crippen molar-refractivity contribution in [2.24, 2.45) is 0 Å². The second-order valence-corrected chi connectivity index (χ2v) is 5.12. The Morgan fingerprint density at radius 1 is 1.47 bits per heavy atom. The average Bonchev–Trinajstić information content (AvgIpc) is 2.82. The summed E-state index contributed by atoms with van der Waals surface area (Å²) in [6.07, 6.45) is 3.83. The number of carbonyl (C=O) groups is 1. The fraction of sp³-hybridized carbons (Fsp3) is 0.286. The van der Waals surface area contributed by atoms with E-state index < -0.39 is 0 Å². The summed E-state index contributed by atoms with van der Waals surface area (Å²) in [6, 6.07) is 6.53. The summed E-state index contributed by atoms with van der Waals surface area (Å²) < 4.78 is 12.9. The number of H-pyrrole nitrogens is 1. The number of benzene rings is 1. The first-order chi connectivity index (χ1) is 9.09. The van der Waals surface area contributed by atoms with Crippen molar-refractivity contribution >= 4 is 5.91 Å². The summed E-state index contributed by atoms with van der Waals surface area (Å²) in [7, 11) is 0. The summed E-state index contributed by atoms with van der Waals surface area (Å²) in [4.78, 5) is 18.5. The Morgan fingerprint density at radius 2 is 2.21 bits per heavy atom. The van der Waals surface area contributed by atoms with Gasteiger partial charge in [-0.3, -0.25) is 4.79 Å². The van der Waals surface area contributed by atoms with Crippen LogP contribution in [0.1, 0.15) is 29.4 Å². The molecule has 98 valence electrons. The van der Waals surface area contributed by atoms with Crippen molar-refractivity contribution in [3.05, 3.63) is 53.9 Å². The van der Waals surface area contributed by atoms with Gasteiger partial charge in [0.2, 0.25) is 0 Å². The monoisotopic (exact) mass is 259 g/mol. The Kier molecular flexibility index (Phi) is 2.62. The molecule has 2 N–H and O–H groups in total. The first kappa shape index (κ1) is 11.9. The molecule has 1 aliphatic carbocycles. The first-order valence-corrected chi connectivity index (χ1v) is 6.15. The summed E-state index contributed by atoms with van der Waals surface area (Å²) in [5, 5.41) is 2.96. The second kappa shape index (κ2) is 4.19. The standard InChI is InChI=1S/C14H14FN3O/c1-14(9-2-4-10(15)5-3-9)6-12(14)18-13(19)11-7-16-8-17-11/h2-5,7-8,12H,6H2,1H3,(H,16,17)(H,18,19). The van der Waals surface area contributed by atoms with Crippen molar-refractivity contribution in [1.29, 1.82) is 0 Å². The van der Waals surface area contributed by atoms with Crippen LogP contribution >= 0.6 is 0 Å². The van der Waals surface area contributed by atoms with E-state index in [4.69, 9.17) is 0 Å². The predicted molar refractivity (Wildman–Crippen MR) is 68.2 cm³/mol. The van der Waals surface area contributed by atoms with E-state index in [2.05, 4.69) is 22.2 Å². The van der Waals surface area contributed by atoms with Crippen LogP contribution in [0.5, 0.6) is 0 Å². The van der Waals surface area contributed by atoms with E-state index in [1.807, 2.05) is 0 Å². The number of aromatic amines is 1. The molecule has 1 aliphatic rings. The molecule has 0 aliphatic heterocycles. The van der Waals surface area contributed by atoms with Gasteiger partial charge in [0.1, 0.15) is 11.5 Å². The van der Waals surface area contributed by atoms with E-state index >= 15 is 0 Å². The van der Waals surface area contributed by atoms with Crippen molar-refractivity contribution in [3.63, 3.8) is 0 Å². The molecular weight excluding hydrogens is 245 g/mol. The lowest BCUT2D eigenvalue weighted by atomic mass is 9.97. The molecule has 2 unspecified atom stereocenters. The maximum atomic E-state index is 12.9. The zero-order valence-electron chi connectivity index (χ0n) is 10.5. The molecule has 1 heterocycles. The van der Waals surface area contributed by atoms with Crippen LogP contribution in [0.3, 0.4) is 0 Å². The topological polar surface area (TPSA) is 57.8 Å². The molecule has 2 atom stereocenters. The van der Waals surface area contributed by atoms with E-state index in [9.17, 15) is 9.18 Å². The average molecular weight is 259 g/mol. The Hall–Kier alpha value is -2.17. The molecule has 19 heavy (non-hydrogen) atoms. The number of hydrogen-bond acceptors (Lipinski definition) is 2. The summed E-state index contributed by atoms with van der Waals surface area (Å²) in [5.74, 6) is -0.403. The molecule has 0 bridgehead atoms. The van der Waals surface area contributed by atoms with Crippen LogP contribution in [-0.2, 0) is 5.41 Å². The maximum Gasteiger partial charge on any atom is 0.269 e. The van der Waals surface area contributed by atoms with Gasteiger partial charge in [0.15, 0.2) is 0 Å². The van der Waals surface area contributed by atoms with E-state index in [1.165, 1.54) is 24.7 Å². The normalized spacial score (nSPS) is 25.1. The first-order valence-electron chi connectivity index (χ1n) is 6.15. The Bertz CT molecular complexity index is 594. The van der Waals surface area contributed by atoms with Gasteiger partial charge < -0.3 is 10.3 Å². The van der Waals surface area contributed by atoms with Crippen LogP contribution in [0.25, 0.3) is 0 Å². The van der Waals surface area contributed by atoms with Gasteiger partial charge in [0.25, 0.3) is 5.91 Å².